The monoisotopic (exact) mass is 649 g/mol. The van der Waals surface area contributed by atoms with Gasteiger partial charge in [-0.1, -0.05) is 6.92 Å². The summed E-state index contributed by atoms with van der Waals surface area (Å²) < 4.78 is 89.8. The van der Waals surface area contributed by atoms with Crippen molar-refractivity contribution in [3.8, 4) is 28.5 Å². The molecule has 1 unspecified atom stereocenters. The van der Waals surface area contributed by atoms with Crippen molar-refractivity contribution < 1.29 is 40.8 Å². The van der Waals surface area contributed by atoms with Crippen LogP contribution in [0.2, 0.25) is 0 Å². The summed E-state index contributed by atoms with van der Waals surface area (Å²) in [5.41, 5.74) is -2.15. The average Bonchev–Trinajstić information content (AvgIpc) is 3.73. The van der Waals surface area contributed by atoms with Gasteiger partial charge in [0.1, 0.15) is 18.1 Å². The molecular weight excluding hydrogens is 614 g/mol. The molecule has 0 spiro atoms. The van der Waals surface area contributed by atoms with E-state index in [2.05, 4.69) is 15.0 Å². The van der Waals surface area contributed by atoms with Crippen LogP contribution in [0.4, 0.5) is 17.6 Å². The first-order chi connectivity index (χ1) is 21.1. The highest BCUT2D eigenvalue weighted by molar-refractivity contribution is 7.84. The highest BCUT2D eigenvalue weighted by atomic mass is 32.2. The van der Waals surface area contributed by atoms with Crippen LogP contribution in [0.25, 0.3) is 11.3 Å². The Labute approximate surface area is 261 Å². The molecule has 13 heteroatoms. The van der Waals surface area contributed by atoms with Gasteiger partial charge in [-0.15, -0.1) is 0 Å². The molecule has 1 aromatic heterocycles. The number of benzene rings is 2. The minimum absolute atomic E-state index is 0.0251. The van der Waals surface area contributed by atoms with E-state index in [4.69, 9.17) is 14.2 Å². The number of pyridine rings is 1. The molecule has 2 heterocycles. The van der Waals surface area contributed by atoms with Crippen molar-refractivity contribution in [1.82, 2.24) is 15.0 Å². The molecule has 2 aromatic carbocycles. The molecule has 3 aromatic rings. The highest BCUT2D eigenvalue weighted by Crippen LogP contribution is 2.51. The summed E-state index contributed by atoms with van der Waals surface area (Å²) in [6.07, 6.45) is -2.85. The number of nitrogens with one attached hydrogen (secondary N) is 2. The normalized spacial score (nSPS) is 19.3. The molecule has 0 radical (unpaired) electrons. The fourth-order valence-electron chi connectivity index (χ4n) is 4.74. The first-order valence-corrected chi connectivity index (χ1v) is 15.6. The number of rotatable bonds is 10. The molecule has 1 saturated carbocycles. The zero-order valence-corrected chi connectivity index (χ0v) is 26.3. The van der Waals surface area contributed by atoms with Crippen LogP contribution in [0, 0.1) is 5.82 Å². The van der Waals surface area contributed by atoms with Crippen LogP contribution in [0.3, 0.4) is 0 Å². The Morgan fingerprint density at radius 3 is 2.40 bits per heavy atom. The highest BCUT2D eigenvalue weighted by Gasteiger charge is 2.63. The van der Waals surface area contributed by atoms with Crippen LogP contribution in [0.15, 0.2) is 48.5 Å². The fourth-order valence-corrected chi connectivity index (χ4v) is 5.65. The smallest absolute Gasteiger partial charge is 0.415 e. The van der Waals surface area contributed by atoms with E-state index < -0.39 is 51.7 Å². The van der Waals surface area contributed by atoms with Crippen LogP contribution in [0.5, 0.6) is 17.2 Å². The largest absolute Gasteiger partial charge is 0.493 e. The van der Waals surface area contributed by atoms with Gasteiger partial charge in [0.05, 0.1) is 28.9 Å². The zero-order chi connectivity index (χ0) is 32.7. The number of halogens is 4. The van der Waals surface area contributed by atoms with Crippen molar-refractivity contribution in [2.75, 3.05) is 20.3 Å². The summed E-state index contributed by atoms with van der Waals surface area (Å²) in [5, 5.41) is 2.82. The predicted molar refractivity (Wildman–Crippen MR) is 161 cm³/mol. The summed E-state index contributed by atoms with van der Waals surface area (Å²) in [6, 6.07) is 11.3. The minimum Gasteiger partial charge on any atom is -0.493 e. The topological polar surface area (TPSA) is 98.8 Å². The average molecular weight is 650 g/mol. The number of methoxy groups -OCH3 is 1. The van der Waals surface area contributed by atoms with Crippen LogP contribution >= 0.6 is 0 Å². The number of aromatic nitrogens is 1. The second-order valence-corrected chi connectivity index (χ2v) is 14.2. The quantitative estimate of drug-likeness (QED) is 0.255. The number of carbonyl (C=O) groups is 1. The molecule has 8 nitrogen and oxygen atoms in total. The summed E-state index contributed by atoms with van der Waals surface area (Å²) in [7, 11) is -0.644. The molecule has 3 atom stereocenters. The number of fused-ring (bicyclic) bond motifs is 1. The van der Waals surface area contributed by atoms with Gasteiger partial charge in [0.25, 0.3) is 5.91 Å². The summed E-state index contributed by atoms with van der Waals surface area (Å²) in [6.45, 7) is 5.55. The van der Waals surface area contributed by atoms with Crippen LogP contribution in [-0.4, -0.2) is 52.4 Å². The van der Waals surface area contributed by atoms with Gasteiger partial charge in [-0.2, -0.15) is 13.2 Å². The van der Waals surface area contributed by atoms with Crippen molar-refractivity contribution in [2.45, 2.75) is 69.0 Å². The maximum absolute atomic E-state index is 14.9. The van der Waals surface area contributed by atoms with Crippen molar-refractivity contribution in [1.29, 1.82) is 0 Å². The van der Waals surface area contributed by atoms with Crippen molar-refractivity contribution in [3.63, 3.8) is 0 Å². The van der Waals surface area contributed by atoms with Crippen LogP contribution in [0.1, 0.15) is 68.1 Å². The molecule has 45 heavy (non-hydrogen) atoms. The molecule has 1 amide bonds. The Hall–Kier alpha value is -3.71. The summed E-state index contributed by atoms with van der Waals surface area (Å²) in [5.74, 6) is -0.713. The first-order valence-electron chi connectivity index (χ1n) is 14.5. The van der Waals surface area contributed by atoms with Crippen LogP contribution in [-0.2, 0) is 16.5 Å². The Kier molecular flexibility index (Phi) is 8.89. The van der Waals surface area contributed by atoms with E-state index in [0.29, 0.717) is 22.6 Å². The van der Waals surface area contributed by atoms with Gasteiger partial charge in [-0.25, -0.2) is 18.3 Å². The number of carbonyl (C=O) groups excluding carboxylic acids is 1. The number of ether oxygens (including phenoxy) is 3. The van der Waals surface area contributed by atoms with E-state index in [1.54, 1.807) is 45.9 Å². The molecule has 2 N–H and O–H groups in total. The van der Waals surface area contributed by atoms with E-state index in [9.17, 15) is 26.6 Å². The second-order valence-electron chi connectivity index (χ2n) is 12.2. The molecule has 1 aliphatic heterocycles. The molecule has 0 bridgehead atoms. The molecule has 1 fully saturated rings. The summed E-state index contributed by atoms with van der Waals surface area (Å²) >= 11 is 0. The lowest BCUT2D eigenvalue weighted by Gasteiger charge is -2.34. The molecule has 2 aliphatic rings. The molecule has 1 aliphatic carbocycles. The third-order valence-electron chi connectivity index (χ3n) is 7.63. The molecule has 0 saturated heterocycles. The Bertz CT molecular complexity index is 1610. The lowest BCUT2D eigenvalue weighted by molar-refractivity contribution is -0.196. The minimum atomic E-state index is -4.91. The van der Waals surface area contributed by atoms with Crippen molar-refractivity contribution in [2.24, 2.45) is 0 Å². The van der Waals surface area contributed by atoms with Gasteiger partial charge in [0, 0.05) is 34.8 Å². The Morgan fingerprint density at radius 1 is 1.11 bits per heavy atom. The number of hydrogen-bond donors (Lipinski definition) is 2. The Morgan fingerprint density at radius 2 is 1.80 bits per heavy atom. The van der Waals surface area contributed by atoms with Crippen molar-refractivity contribution in [3.05, 3.63) is 71.2 Å². The molecular formula is C32H35F4N3O5S. The zero-order valence-electron chi connectivity index (χ0n) is 25.5. The Balaban J connectivity index is 1.48. The van der Waals surface area contributed by atoms with Gasteiger partial charge < -0.3 is 19.5 Å². The predicted octanol–water partition coefficient (Wildman–Crippen LogP) is 6.17. The fraction of sp³-hybridized carbons (Fsp3) is 0.438. The van der Waals surface area contributed by atoms with Gasteiger partial charge in [0.2, 0.25) is 0 Å². The summed E-state index contributed by atoms with van der Waals surface area (Å²) in [4.78, 5) is 17.7. The van der Waals surface area contributed by atoms with E-state index in [-0.39, 0.29) is 35.3 Å². The lowest BCUT2D eigenvalue weighted by atomic mass is 9.89. The number of hydrogen-bond acceptors (Lipinski definition) is 6. The SMILES string of the molecule is COc1cc(C(=O)NC[C@@H](C)c2cc3c(c(-c4ccc(F)cc4)n2)OC[C@@]3(NS(=O)C(C)(C)C)C(F)(F)F)ccc1OC1CC1. The van der Waals surface area contributed by atoms with E-state index in [0.717, 1.165) is 12.8 Å². The maximum Gasteiger partial charge on any atom is 0.415 e. The molecule has 242 valence electrons. The maximum atomic E-state index is 14.9. The van der Waals surface area contributed by atoms with E-state index in [1.165, 1.54) is 37.4 Å². The third kappa shape index (κ3) is 6.79. The number of amides is 1. The van der Waals surface area contributed by atoms with Gasteiger partial charge in [0.15, 0.2) is 22.8 Å². The molecule has 5 rings (SSSR count). The van der Waals surface area contributed by atoms with Gasteiger partial charge in [-0.3, -0.25) is 4.79 Å². The van der Waals surface area contributed by atoms with Crippen LogP contribution < -0.4 is 24.2 Å². The number of alkyl halides is 3. The third-order valence-corrected chi connectivity index (χ3v) is 9.27. The van der Waals surface area contributed by atoms with Crippen molar-refractivity contribution >= 4 is 16.9 Å². The van der Waals surface area contributed by atoms with Gasteiger partial charge >= 0.3 is 6.18 Å². The van der Waals surface area contributed by atoms with Gasteiger partial charge in [-0.05, 0) is 82.1 Å². The standard InChI is InChI=1S/C32H35F4N3O5S/c1-18(16-37-29(40)20-8-13-25(26(14-20)42-5)44-22-11-12-22)24-15-23-28(27(38-24)19-6-9-21(33)10-7-19)43-17-31(23,32(34,35)36)39-45(41)30(2,3)4/h6-10,13-15,18,22,39H,11-12,16-17H2,1-5H3,(H,37,40)/t18-,31+,45?/m1/s1. The van der Waals surface area contributed by atoms with E-state index >= 15 is 0 Å². The van der Waals surface area contributed by atoms with E-state index in [1.807, 2.05) is 0 Å². The lowest BCUT2D eigenvalue weighted by Crippen LogP contribution is -2.58. The second kappa shape index (κ2) is 12.2. The first kappa shape index (κ1) is 32.7. The number of nitrogens with zero attached hydrogens (tertiary/aromatic N) is 1.